The quantitative estimate of drug-likeness (QED) is 0.355. The Hall–Kier alpha value is -4.27. The zero-order valence-electron chi connectivity index (χ0n) is 17.6. The molecule has 162 valence electrons. The molecule has 0 aliphatic carbocycles. The van der Waals surface area contributed by atoms with Gasteiger partial charge in [-0.2, -0.15) is 10.2 Å². The van der Waals surface area contributed by atoms with E-state index in [0.29, 0.717) is 34.5 Å². The number of nitrogens with one attached hydrogen (secondary N) is 1. The molecule has 1 N–H and O–H groups in total. The molecule has 32 heavy (non-hydrogen) atoms. The van der Waals surface area contributed by atoms with E-state index in [-0.39, 0.29) is 6.54 Å². The van der Waals surface area contributed by atoms with Crippen LogP contribution in [0.2, 0.25) is 0 Å². The van der Waals surface area contributed by atoms with Crippen LogP contribution in [0.1, 0.15) is 22.5 Å². The third kappa shape index (κ3) is 4.56. The zero-order chi connectivity index (χ0) is 22.5. The fourth-order valence-corrected chi connectivity index (χ4v) is 3.27. The molecule has 9 nitrogen and oxygen atoms in total. The molecule has 4 aromatic rings. The van der Waals surface area contributed by atoms with Crippen LogP contribution in [-0.2, 0) is 17.8 Å². The third-order valence-corrected chi connectivity index (χ3v) is 4.82. The molecule has 0 radical (unpaired) electrons. The molecule has 9 heteroatoms. The molecule has 0 saturated heterocycles. The Morgan fingerprint density at radius 1 is 1.22 bits per heavy atom. The maximum atomic E-state index is 12.9. The maximum Gasteiger partial charge on any atom is 0.280 e. The summed E-state index contributed by atoms with van der Waals surface area (Å²) in [6.07, 6.45) is 1.92. The largest absolute Gasteiger partial charge is 0.497 e. The van der Waals surface area contributed by atoms with Crippen LogP contribution in [0, 0.1) is 6.92 Å². The van der Waals surface area contributed by atoms with Gasteiger partial charge in [-0.3, -0.25) is 9.59 Å². The average molecular weight is 431 g/mol. The summed E-state index contributed by atoms with van der Waals surface area (Å²) in [4.78, 5) is 25.3. The molecule has 0 spiro atoms. The Bertz CT molecular complexity index is 1340. The number of aromatic nitrogens is 3. The van der Waals surface area contributed by atoms with E-state index in [0.717, 1.165) is 15.8 Å². The lowest BCUT2D eigenvalue weighted by molar-refractivity contribution is -0.121. The Morgan fingerprint density at radius 3 is 2.81 bits per heavy atom. The highest BCUT2D eigenvalue weighted by molar-refractivity contribution is 5.83. The van der Waals surface area contributed by atoms with Crippen molar-refractivity contribution in [2.75, 3.05) is 7.11 Å². The lowest BCUT2D eigenvalue weighted by atomic mass is 10.1. The number of carbonyl (C=O) groups excluding carboxylic acids is 1. The standard InChI is InChI=1S/C23H21N5O4/c1-15-21-22(32-27-15)19(12-16-7-4-3-5-8-16)26-28(23(21)30)14-20(29)25-24-13-17-9-6-10-18(11-17)31-2/h3-11,13H,12,14H2,1-2H3,(H,25,29)/b24-13+. The summed E-state index contributed by atoms with van der Waals surface area (Å²) in [7, 11) is 1.57. The minimum atomic E-state index is -0.488. The van der Waals surface area contributed by atoms with E-state index in [9.17, 15) is 9.59 Å². The first-order valence-corrected chi connectivity index (χ1v) is 9.91. The van der Waals surface area contributed by atoms with Crippen LogP contribution < -0.4 is 15.7 Å². The second kappa shape index (κ2) is 9.25. The normalized spacial score (nSPS) is 11.2. The van der Waals surface area contributed by atoms with Gasteiger partial charge >= 0.3 is 0 Å². The van der Waals surface area contributed by atoms with Crippen LogP contribution in [0.3, 0.4) is 0 Å². The number of hydrazone groups is 1. The van der Waals surface area contributed by atoms with Crippen molar-refractivity contribution < 1.29 is 14.1 Å². The van der Waals surface area contributed by atoms with Gasteiger partial charge in [-0.25, -0.2) is 10.1 Å². The summed E-state index contributed by atoms with van der Waals surface area (Å²) in [5.41, 5.74) is 5.04. The number of nitrogens with zero attached hydrogens (tertiary/aromatic N) is 4. The minimum Gasteiger partial charge on any atom is -0.497 e. The lowest BCUT2D eigenvalue weighted by Crippen LogP contribution is -2.32. The highest BCUT2D eigenvalue weighted by Crippen LogP contribution is 2.19. The Morgan fingerprint density at radius 2 is 2.03 bits per heavy atom. The number of ether oxygens (including phenoxy) is 1. The predicted octanol–water partition coefficient (Wildman–Crippen LogP) is 2.44. The van der Waals surface area contributed by atoms with Crippen molar-refractivity contribution in [3.63, 3.8) is 0 Å². The molecule has 0 atom stereocenters. The van der Waals surface area contributed by atoms with Crippen molar-refractivity contribution in [2.45, 2.75) is 19.9 Å². The first-order chi connectivity index (χ1) is 15.5. The molecule has 0 aliphatic rings. The summed E-state index contributed by atoms with van der Waals surface area (Å²) in [5, 5.41) is 12.6. The van der Waals surface area contributed by atoms with E-state index < -0.39 is 11.5 Å². The number of benzene rings is 2. The van der Waals surface area contributed by atoms with Crippen LogP contribution in [0.25, 0.3) is 11.0 Å². The fraction of sp³-hybridized carbons (Fsp3) is 0.174. The van der Waals surface area contributed by atoms with Crippen molar-refractivity contribution in [1.82, 2.24) is 20.4 Å². The van der Waals surface area contributed by atoms with Gasteiger partial charge in [0.15, 0.2) is 5.58 Å². The van der Waals surface area contributed by atoms with Gasteiger partial charge in [0.25, 0.3) is 11.5 Å². The first-order valence-electron chi connectivity index (χ1n) is 9.91. The van der Waals surface area contributed by atoms with E-state index in [1.54, 1.807) is 20.1 Å². The smallest absolute Gasteiger partial charge is 0.280 e. The second-order valence-corrected chi connectivity index (χ2v) is 7.11. The monoisotopic (exact) mass is 431 g/mol. The topological polar surface area (TPSA) is 112 Å². The van der Waals surface area contributed by atoms with Crippen molar-refractivity contribution >= 4 is 23.1 Å². The zero-order valence-corrected chi connectivity index (χ0v) is 17.6. The van der Waals surface area contributed by atoms with Gasteiger partial charge in [-0.05, 0) is 30.2 Å². The predicted molar refractivity (Wildman–Crippen MR) is 119 cm³/mol. The molecule has 0 bridgehead atoms. The summed E-state index contributed by atoms with van der Waals surface area (Å²) >= 11 is 0. The van der Waals surface area contributed by atoms with Crippen molar-refractivity contribution in [3.8, 4) is 5.75 Å². The lowest BCUT2D eigenvalue weighted by Gasteiger charge is -2.07. The average Bonchev–Trinajstić information content (AvgIpc) is 3.20. The molecule has 0 fully saturated rings. The summed E-state index contributed by atoms with van der Waals surface area (Å²) < 4.78 is 11.6. The second-order valence-electron chi connectivity index (χ2n) is 7.11. The number of hydrogen-bond donors (Lipinski definition) is 1. The molecule has 2 heterocycles. The van der Waals surface area contributed by atoms with Gasteiger partial charge in [-0.1, -0.05) is 47.6 Å². The van der Waals surface area contributed by atoms with Crippen LogP contribution in [0.4, 0.5) is 0 Å². The molecule has 2 aromatic heterocycles. The van der Waals surface area contributed by atoms with Crippen molar-refractivity contribution in [3.05, 3.63) is 87.5 Å². The highest BCUT2D eigenvalue weighted by Gasteiger charge is 2.19. The van der Waals surface area contributed by atoms with E-state index in [4.69, 9.17) is 9.26 Å². The molecular weight excluding hydrogens is 410 g/mol. The molecule has 2 aromatic carbocycles. The molecule has 0 aliphatic heterocycles. The molecular formula is C23H21N5O4. The van der Waals surface area contributed by atoms with Crippen molar-refractivity contribution in [2.24, 2.45) is 5.10 Å². The number of carbonyl (C=O) groups is 1. The number of amides is 1. The van der Waals surface area contributed by atoms with Crippen LogP contribution in [0.15, 0.2) is 69.0 Å². The Kier molecular flexibility index (Phi) is 6.07. The molecule has 0 saturated carbocycles. The summed E-state index contributed by atoms with van der Waals surface area (Å²) in [5.74, 6) is 0.192. The van der Waals surface area contributed by atoms with E-state index >= 15 is 0 Å². The fourth-order valence-electron chi connectivity index (χ4n) is 3.27. The number of rotatable bonds is 7. The molecule has 0 unspecified atom stereocenters. The number of aryl methyl sites for hydroxylation is 1. The van der Waals surface area contributed by atoms with Gasteiger partial charge < -0.3 is 9.26 Å². The van der Waals surface area contributed by atoms with E-state index in [1.165, 1.54) is 6.21 Å². The highest BCUT2D eigenvalue weighted by atomic mass is 16.5. The Labute approximate surface area is 183 Å². The molecule has 1 amide bonds. The van der Waals surface area contributed by atoms with E-state index in [2.05, 4.69) is 20.8 Å². The first kappa shape index (κ1) is 21.0. The minimum absolute atomic E-state index is 0.295. The molecule has 4 rings (SSSR count). The number of methoxy groups -OCH3 is 1. The third-order valence-electron chi connectivity index (χ3n) is 4.82. The maximum absolute atomic E-state index is 12.9. The Balaban J connectivity index is 1.56. The van der Waals surface area contributed by atoms with Gasteiger partial charge in [0, 0.05) is 6.42 Å². The van der Waals surface area contributed by atoms with Gasteiger partial charge in [0.2, 0.25) is 0 Å². The van der Waals surface area contributed by atoms with Crippen LogP contribution in [-0.4, -0.2) is 34.2 Å². The van der Waals surface area contributed by atoms with Gasteiger partial charge in [0.05, 0.1) is 19.0 Å². The summed E-state index contributed by atoms with van der Waals surface area (Å²) in [6, 6.07) is 16.9. The van der Waals surface area contributed by atoms with Crippen LogP contribution >= 0.6 is 0 Å². The van der Waals surface area contributed by atoms with Gasteiger partial charge in [-0.15, -0.1) is 0 Å². The SMILES string of the molecule is COc1cccc(/C=N/NC(=O)Cn2nc(Cc3ccccc3)c3onc(C)c3c2=O)c1. The number of fused-ring (bicyclic) bond motifs is 1. The van der Waals surface area contributed by atoms with E-state index in [1.807, 2.05) is 48.5 Å². The van der Waals surface area contributed by atoms with Crippen molar-refractivity contribution in [1.29, 1.82) is 0 Å². The summed E-state index contributed by atoms with van der Waals surface area (Å²) in [6.45, 7) is 1.39. The number of hydrogen-bond acceptors (Lipinski definition) is 7. The van der Waals surface area contributed by atoms with Gasteiger partial charge in [0.1, 0.15) is 23.4 Å². The van der Waals surface area contributed by atoms with Crippen LogP contribution in [0.5, 0.6) is 5.75 Å².